The van der Waals surface area contributed by atoms with Crippen molar-refractivity contribution in [1.82, 2.24) is 5.32 Å². The topological polar surface area (TPSA) is 38.0 Å². The van der Waals surface area contributed by atoms with Crippen molar-refractivity contribution in [2.75, 3.05) is 6.54 Å². The van der Waals surface area contributed by atoms with Crippen LogP contribution in [0.5, 0.6) is 0 Å². The van der Waals surface area contributed by atoms with Gasteiger partial charge >= 0.3 is 0 Å². The Kier molecular flexibility index (Phi) is 4.63. The minimum absolute atomic E-state index is 0.389. The highest BCUT2D eigenvalue weighted by molar-refractivity contribution is 5.26. The van der Waals surface area contributed by atoms with Crippen LogP contribution in [0.25, 0.3) is 0 Å². The van der Waals surface area contributed by atoms with Crippen molar-refractivity contribution in [1.29, 1.82) is 0 Å². The number of nitrogens with two attached hydrogens (primary N) is 1. The van der Waals surface area contributed by atoms with Crippen molar-refractivity contribution in [2.24, 2.45) is 5.73 Å². The molecule has 0 saturated carbocycles. The van der Waals surface area contributed by atoms with Gasteiger partial charge in [0.05, 0.1) is 0 Å². The van der Waals surface area contributed by atoms with Crippen molar-refractivity contribution in [3.63, 3.8) is 0 Å². The standard InChI is InChI=1S/C12H20N2/c1-3-11-6-4-5-7-12(11)9-14-10(2)8-13/h4-7,10,14H,3,8-9,13H2,1-2H3. The highest BCUT2D eigenvalue weighted by atomic mass is 14.9. The van der Waals surface area contributed by atoms with E-state index in [2.05, 4.69) is 43.4 Å². The molecule has 1 unspecified atom stereocenters. The Morgan fingerprint density at radius 1 is 1.29 bits per heavy atom. The summed E-state index contributed by atoms with van der Waals surface area (Å²) in [7, 11) is 0. The second-order valence-corrected chi connectivity index (χ2v) is 3.64. The Balaban J connectivity index is 2.57. The second kappa shape index (κ2) is 5.78. The monoisotopic (exact) mass is 192 g/mol. The normalized spacial score (nSPS) is 12.8. The molecule has 1 rings (SSSR count). The predicted molar refractivity (Wildman–Crippen MR) is 61.2 cm³/mol. The van der Waals surface area contributed by atoms with Crippen LogP contribution in [0.1, 0.15) is 25.0 Å². The minimum atomic E-state index is 0.389. The molecule has 0 bridgehead atoms. The summed E-state index contributed by atoms with van der Waals surface area (Å²) in [5.41, 5.74) is 8.35. The van der Waals surface area contributed by atoms with Crippen LogP contribution in [0.15, 0.2) is 24.3 Å². The molecule has 3 N–H and O–H groups in total. The molecular formula is C12H20N2. The molecule has 0 amide bonds. The molecule has 1 aromatic rings. The SMILES string of the molecule is CCc1ccccc1CNC(C)CN. The average Bonchev–Trinajstić information content (AvgIpc) is 2.26. The fourth-order valence-electron chi connectivity index (χ4n) is 1.44. The van der Waals surface area contributed by atoms with E-state index in [1.54, 1.807) is 0 Å². The van der Waals surface area contributed by atoms with E-state index in [4.69, 9.17) is 5.73 Å². The fourth-order valence-corrected chi connectivity index (χ4v) is 1.44. The lowest BCUT2D eigenvalue weighted by molar-refractivity contribution is 0.554. The van der Waals surface area contributed by atoms with Crippen LogP contribution in [0.2, 0.25) is 0 Å². The van der Waals surface area contributed by atoms with Crippen molar-refractivity contribution in [2.45, 2.75) is 32.9 Å². The quantitative estimate of drug-likeness (QED) is 0.745. The molecule has 0 aliphatic heterocycles. The Labute approximate surface area is 86.5 Å². The highest BCUT2D eigenvalue weighted by Gasteiger charge is 2.01. The van der Waals surface area contributed by atoms with Gasteiger partial charge in [-0.2, -0.15) is 0 Å². The Hall–Kier alpha value is -0.860. The Bertz CT molecular complexity index is 271. The van der Waals surface area contributed by atoms with Gasteiger partial charge in [-0.05, 0) is 24.5 Å². The summed E-state index contributed by atoms with van der Waals surface area (Å²) in [6, 6.07) is 8.93. The third-order valence-corrected chi connectivity index (χ3v) is 2.49. The molecule has 2 nitrogen and oxygen atoms in total. The summed E-state index contributed by atoms with van der Waals surface area (Å²) in [4.78, 5) is 0. The molecule has 1 aromatic carbocycles. The van der Waals surface area contributed by atoms with E-state index in [0.29, 0.717) is 12.6 Å². The van der Waals surface area contributed by atoms with Gasteiger partial charge in [-0.15, -0.1) is 0 Å². The van der Waals surface area contributed by atoms with Gasteiger partial charge in [-0.25, -0.2) is 0 Å². The first kappa shape index (κ1) is 11.2. The maximum absolute atomic E-state index is 5.54. The lowest BCUT2D eigenvalue weighted by atomic mass is 10.1. The zero-order valence-corrected chi connectivity index (χ0v) is 9.09. The van der Waals surface area contributed by atoms with Crippen LogP contribution in [0.4, 0.5) is 0 Å². The molecule has 0 radical (unpaired) electrons. The van der Waals surface area contributed by atoms with Gasteiger partial charge in [0.2, 0.25) is 0 Å². The largest absolute Gasteiger partial charge is 0.329 e. The van der Waals surface area contributed by atoms with E-state index >= 15 is 0 Å². The van der Waals surface area contributed by atoms with E-state index in [1.807, 2.05) is 0 Å². The first-order valence-corrected chi connectivity index (χ1v) is 5.28. The smallest absolute Gasteiger partial charge is 0.0211 e. The second-order valence-electron chi connectivity index (χ2n) is 3.64. The summed E-state index contributed by atoms with van der Waals surface area (Å²) in [6.07, 6.45) is 1.09. The van der Waals surface area contributed by atoms with Crippen LogP contribution in [-0.4, -0.2) is 12.6 Å². The van der Waals surface area contributed by atoms with Gasteiger partial charge in [0.25, 0.3) is 0 Å². The first-order valence-electron chi connectivity index (χ1n) is 5.28. The average molecular weight is 192 g/mol. The van der Waals surface area contributed by atoms with Crippen molar-refractivity contribution >= 4 is 0 Å². The molecule has 14 heavy (non-hydrogen) atoms. The van der Waals surface area contributed by atoms with Crippen molar-refractivity contribution in [3.8, 4) is 0 Å². The summed E-state index contributed by atoms with van der Waals surface area (Å²) >= 11 is 0. The summed E-state index contributed by atoms with van der Waals surface area (Å²) in [5.74, 6) is 0. The third kappa shape index (κ3) is 3.13. The Morgan fingerprint density at radius 2 is 1.93 bits per heavy atom. The number of benzene rings is 1. The summed E-state index contributed by atoms with van der Waals surface area (Å²) < 4.78 is 0. The van der Waals surface area contributed by atoms with Gasteiger partial charge in [0, 0.05) is 19.1 Å². The van der Waals surface area contributed by atoms with Crippen LogP contribution >= 0.6 is 0 Å². The predicted octanol–water partition coefficient (Wildman–Crippen LogP) is 1.69. The summed E-state index contributed by atoms with van der Waals surface area (Å²) in [6.45, 7) is 5.90. The molecule has 0 aromatic heterocycles. The van der Waals surface area contributed by atoms with Crippen LogP contribution in [0.3, 0.4) is 0 Å². The molecule has 78 valence electrons. The zero-order chi connectivity index (χ0) is 10.4. The lowest BCUT2D eigenvalue weighted by Gasteiger charge is -2.13. The first-order chi connectivity index (χ1) is 6.77. The molecule has 0 saturated heterocycles. The van der Waals surface area contributed by atoms with Gasteiger partial charge in [-0.3, -0.25) is 0 Å². The van der Waals surface area contributed by atoms with E-state index in [1.165, 1.54) is 11.1 Å². The Morgan fingerprint density at radius 3 is 2.50 bits per heavy atom. The maximum atomic E-state index is 5.54. The van der Waals surface area contributed by atoms with Crippen molar-refractivity contribution in [3.05, 3.63) is 35.4 Å². The van der Waals surface area contributed by atoms with Gasteiger partial charge in [0.1, 0.15) is 0 Å². The molecule has 2 heteroatoms. The van der Waals surface area contributed by atoms with Crippen LogP contribution < -0.4 is 11.1 Å². The van der Waals surface area contributed by atoms with E-state index < -0.39 is 0 Å². The number of rotatable bonds is 5. The minimum Gasteiger partial charge on any atom is -0.329 e. The van der Waals surface area contributed by atoms with Gasteiger partial charge in [-0.1, -0.05) is 31.2 Å². The van der Waals surface area contributed by atoms with Gasteiger partial charge < -0.3 is 11.1 Å². The summed E-state index contributed by atoms with van der Waals surface area (Å²) in [5, 5.41) is 3.40. The molecule has 0 spiro atoms. The molecule has 0 heterocycles. The number of hydrogen-bond donors (Lipinski definition) is 2. The number of nitrogens with one attached hydrogen (secondary N) is 1. The molecule has 1 atom stereocenters. The highest BCUT2D eigenvalue weighted by Crippen LogP contribution is 2.08. The molecular weight excluding hydrogens is 172 g/mol. The molecule has 0 aliphatic rings. The number of hydrogen-bond acceptors (Lipinski definition) is 2. The van der Waals surface area contributed by atoms with E-state index in [-0.39, 0.29) is 0 Å². The van der Waals surface area contributed by atoms with Crippen LogP contribution in [0, 0.1) is 0 Å². The van der Waals surface area contributed by atoms with Gasteiger partial charge in [0.15, 0.2) is 0 Å². The van der Waals surface area contributed by atoms with Crippen LogP contribution in [-0.2, 0) is 13.0 Å². The third-order valence-electron chi connectivity index (χ3n) is 2.49. The molecule has 0 fully saturated rings. The molecule has 0 aliphatic carbocycles. The van der Waals surface area contributed by atoms with E-state index in [0.717, 1.165) is 13.0 Å². The fraction of sp³-hybridized carbons (Fsp3) is 0.500. The zero-order valence-electron chi connectivity index (χ0n) is 9.09. The number of aryl methyl sites for hydroxylation is 1. The van der Waals surface area contributed by atoms with E-state index in [9.17, 15) is 0 Å². The maximum Gasteiger partial charge on any atom is 0.0211 e. The lowest BCUT2D eigenvalue weighted by Crippen LogP contribution is -2.32. The van der Waals surface area contributed by atoms with Crippen molar-refractivity contribution < 1.29 is 0 Å².